The first-order chi connectivity index (χ1) is 6.81. The Hall–Kier alpha value is -0.700. The highest BCUT2D eigenvalue weighted by Gasteiger charge is 2.13. The third kappa shape index (κ3) is 1.87. The van der Waals surface area contributed by atoms with Crippen molar-refractivity contribution in [1.82, 2.24) is 0 Å². The number of hydrogen-bond acceptors (Lipinski definition) is 2. The third-order valence-electron chi connectivity index (χ3n) is 2.36. The Kier molecular flexibility index (Phi) is 2.96. The van der Waals surface area contributed by atoms with Gasteiger partial charge in [0, 0.05) is 5.33 Å². The summed E-state index contributed by atoms with van der Waals surface area (Å²) in [5, 5.41) is 0.980. The molecule has 1 aromatic carbocycles. The van der Waals surface area contributed by atoms with E-state index in [0.29, 0.717) is 13.2 Å². The van der Waals surface area contributed by atoms with Crippen LogP contribution in [0.3, 0.4) is 0 Å². The van der Waals surface area contributed by atoms with Crippen molar-refractivity contribution in [2.75, 3.05) is 18.5 Å². The maximum Gasteiger partial charge on any atom is 0.161 e. The molecule has 0 spiro atoms. The van der Waals surface area contributed by atoms with Gasteiger partial charge in [-0.25, -0.2) is 0 Å². The number of ether oxygens (including phenoxy) is 2. The Bertz CT molecular complexity index is 336. The molecule has 0 saturated carbocycles. The molecule has 0 N–H and O–H groups in total. The molecular formula is C11H13BrO2. The average molecular weight is 257 g/mol. The van der Waals surface area contributed by atoms with Gasteiger partial charge in [0.25, 0.3) is 0 Å². The van der Waals surface area contributed by atoms with Gasteiger partial charge in [-0.3, -0.25) is 0 Å². The molecule has 1 aliphatic heterocycles. The summed E-state index contributed by atoms with van der Waals surface area (Å²) < 4.78 is 11.0. The van der Waals surface area contributed by atoms with Gasteiger partial charge in [0.2, 0.25) is 0 Å². The Balaban J connectivity index is 2.35. The molecule has 0 amide bonds. The largest absolute Gasteiger partial charge is 0.486 e. The SMILES string of the molecule is Cc1cc2c(cc1CCBr)OCCO2. The first-order valence-corrected chi connectivity index (χ1v) is 5.88. The second-order valence-electron chi connectivity index (χ2n) is 3.36. The van der Waals surface area contributed by atoms with E-state index < -0.39 is 0 Å². The molecule has 3 heteroatoms. The van der Waals surface area contributed by atoms with Crippen LogP contribution in [-0.2, 0) is 6.42 Å². The molecule has 2 rings (SSSR count). The smallest absolute Gasteiger partial charge is 0.161 e. The van der Waals surface area contributed by atoms with Crippen LogP contribution in [0, 0.1) is 6.92 Å². The Labute approximate surface area is 92.3 Å². The number of aryl methyl sites for hydroxylation is 2. The van der Waals surface area contributed by atoms with Crippen LogP contribution in [0.25, 0.3) is 0 Å². The van der Waals surface area contributed by atoms with E-state index in [9.17, 15) is 0 Å². The van der Waals surface area contributed by atoms with Crippen molar-refractivity contribution in [3.05, 3.63) is 23.3 Å². The number of fused-ring (bicyclic) bond motifs is 1. The normalized spacial score (nSPS) is 14.1. The Morgan fingerprint density at radius 2 is 1.86 bits per heavy atom. The molecule has 0 saturated heterocycles. The zero-order valence-electron chi connectivity index (χ0n) is 8.18. The van der Waals surface area contributed by atoms with E-state index in [-0.39, 0.29) is 0 Å². The fraction of sp³-hybridized carbons (Fsp3) is 0.455. The maximum atomic E-state index is 5.53. The summed E-state index contributed by atoms with van der Waals surface area (Å²) in [5.74, 6) is 1.77. The molecule has 0 atom stereocenters. The van der Waals surface area contributed by atoms with E-state index in [1.807, 2.05) is 0 Å². The minimum atomic E-state index is 0.657. The van der Waals surface area contributed by atoms with Gasteiger partial charge < -0.3 is 9.47 Å². The van der Waals surface area contributed by atoms with Gasteiger partial charge >= 0.3 is 0 Å². The Morgan fingerprint density at radius 1 is 1.21 bits per heavy atom. The van der Waals surface area contributed by atoms with E-state index in [0.717, 1.165) is 23.2 Å². The van der Waals surface area contributed by atoms with E-state index in [1.165, 1.54) is 11.1 Å². The van der Waals surface area contributed by atoms with Gasteiger partial charge in [-0.15, -0.1) is 0 Å². The molecule has 0 fully saturated rings. The molecule has 14 heavy (non-hydrogen) atoms. The first kappa shape index (κ1) is 9.84. The standard InChI is InChI=1S/C11H13BrO2/c1-8-6-10-11(14-5-4-13-10)7-9(8)2-3-12/h6-7H,2-5H2,1H3. The van der Waals surface area contributed by atoms with E-state index in [1.54, 1.807) is 0 Å². The molecule has 0 bridgehead atoms. The fourth-order valence-electron chi connectivity index (χ4n) is 1.60. The monoisotopic (exact) mass is 256 g/mol. The molecule has 0 unspecified atom stereocenters. The minimum absolute atomic E-state index is 0.657. The van der Waals surface area contributed by atoms with E-state index >= 15 is 0 Å². The zero-order chi connectivity index (χ0) is 9.97. The molecule has 1 aromatic rings. The van der Waals surface area contributed by atoms with E-state index in [2.05, 4.69) is 35.0 Å². The van der Waals surface area contributed by atoms with Crippen molar-refractivity contribution in [3.8, 4) is 11.5 Å². The lowest BCUT2D eigenvalue weighted by molar-refractivity contribution is 0.171. The minimum Gasteiger partial charge on any atom is -0.486 e. The van der Waals surface area contributed by atoms with Gasteiger partial charge in [0.15, 0.2) is 11.5 Å². The van der Waals surface area contributed by atoms with Crippen LogP contribution in [0.1, 0.15) is 11.1 Å². The zero-order valence-corrected chi connectivity index (χ0v) is 9.76. The van der Waals surface area contributed by atoms with Crippen LogP contribution in [0.2, 0.25) is 0 Å². The Morgan fingerprint density at radius 3 is 2.50 bits per heavy atom. The lowest BCUT2D eigenvalue weighted by atomic mass is 10.1. The van der Waals surface area contributed by atoms with Gasteiger partial charge in [-0.2, -0.15) is 0 Å². The molecule has 1 aliphatic rings. The lowest BCUT2D eigenvalue weighted by Gasteiger charge is -2.20. The predicted molar refractivity (Wildman–Crippen MR) is 59.7 cm³/mol. The van der Waals surface area contributed by atoms with Crippen molar-refractivity contribution in [2.45, 2.75) is 13.3 Å². The van der Waals surface area contributed by atoms with Crippen LogP contribution in [-0.4, -0.2) is 18.5 Å². The van der Waals surface area contributed by atoms with Gasteiger partial charge in [0.1, 0.15) is 13.2 Å². The molecule has 0 radical (unpaired) electrons. The van der Waals surface area contributed by atoms with Crippen molar-refractivity contribution >= 4 is 15.9 Å². The quantitative estimate of drug-likeness (QED) is 0.758. The van der Waals surface area contributed by atoms with Crippen LogP contribution in [0.15, 0.2) is 12.1 Å². The van der Waals surface area contributed by atoms with Crippen LogP contribution < -0.4 is 9.47 Å². The van der Waals surface area contributed by atoms with Crippen molar-refractivity contribution in [3.63, 3.8) is 0 Å². The fourth-order valence-corrected chi connectivity index (χ4v) is 2.03. The highest BCUT2D eigenvalue weighted by molar-refractivity contribution is 9.09. The van der Waals surface area contributed by atoms with Crippen molar-refractivity contribution in [2.24, 2.45) is 0 Å². The predicted octanol–water partition coefficient (Wildman–Crippen LogP) is 2.70. The van der Waals surface area contributed by atoms with Crippen molar-refractivity contribution in [1.29, 1.82) is 0 Å². The van der Waals surface area contributed by atoms with Crippen LogP contribution in [0.5, 0.6) is 11.5 Å². The van der Waals surface area contributed by atoms with Gasteiger partial charge in [0.05, 0.1) is 0 Å². The number of benzene rings is 1. The van der Waals surface area contributed by atoms with E-state index in [4.69, 9.17) is 9.47 Å². The number of hydrogen-bond donors (Lipinski definition) is 0. The summed E-state index contributed by atoms with van der Waals surface area (Å²) in [5.41, 5.74) is 2.60. The summed E-state index contributed by atoms with van der Waals surface area (Å²) in [6.07, 6.45) is 1.03. The number of halogens is 1. The maximum absolute atomic E-state index is 5.53. The lowest BCUT2D eigenvalue weighted by Crippen LogP contribution is -2.15. The highest BCUT2D eigenvalue weighted by Crippen LogP contribution is 2.33. The molecular weight excluding hydrogens is 244 g/mol. The van der Waals surface area contributed by atoms with Crippen LogP contribution >= 0.6 is 15.9 Å². The topological polar surface area (TPSA) is 18.5 Å². The number of rotatable bonds is 2. The molecule has 0 aliphatic carbocycles. The van der Waals surface area contributed by atoms with Gasteiger partial charge in [-0.05, 0) is 36.6 Å². The first-order valence-electron chi connectivity index (χ1n) is 4.76. The third-order valence-corrected chi connectivity index (χ3v) is 2.76. The summed E-state index contributed by atoms with van der Waals surface area (Å²) in [4.78, 5) is 0. The molecule has 76 valence electrons. The number of alkyl halides is 1. The molecule has 0 aromatic heterocycles. The highest BCUT2D eigenvalue weighted by atomic mass is 79.9. The van der Waals surface area contributed by atoms with Crippen molar-refractivity contribution < 1.29 is 9.47 Å². The molecule has 1 heterocycles. The average Bonchev–Trinajstić information content (AvgIpc) is 2.19. The summed E-state index contributed by atoms with van der Waals surface area (Å²) in [6.45, 7) is 3.42. The van der Waals surface area contributed by atoms with Crippen LogP contribution in [0.4, 0.5) is 0 Å². The molecule has 2 nitrogen and oxygen atoms in total. The second-order valence-corrected chi connectivity index (χ2v) is 4.15. The summed E-state index contributed by atoms with van der Waals surface area (Å²) in [7, 11) is 0. The second kappa shape index (κ2) is 4.22. The summed E-state index contributed by atoms with van der Waals surface area (Å²) in [6, 6.07) is 4.15. The summed E-state index contributed by atoms with van der Waals surface area (Å²) >= 11 is 3.44. The van der Waals surface area contributed by atoms with Gasteiger partial charge in [-0.1, -0.05) is 15.9 Å².